The summed E-state index contributed by atoms with van der Waals surface area (Å²) >= 11 is 3.55. The minimum absolute atomic E-state index is 0.287. The molecule has 0 atom stereocenters. The van der Waals surface area contributed by atoms with Gasteiger partial charge in [0.1, 0.15) is 5.84 Å². The smallest absolute Gasteiger partial charge is 0.168 e. The van der Waals surface area contributed by atoms with Gasteiger partial charge in [-0.25, -0.2) is 4.99 Å². The van der Waals surface area contributed by atoms with Crippen LogP contribution < -0.4 is 5.73 Å². The first-order valence-electron chi connectivity index (χ1n) is 6.42. The van der Waals surface area contributed by atoms with Crippen molar-refractivity contribution in [3.8, 4) is 0 Å². The van der Waals surface area contributed by atoms with Crippen LogP contribution >= 0.6 is 16.1 Å². The number of nitrogens with zero attached hydrogens (tertiary/aromatic N) is 2. The molecule has 3 aliphatic rings. The first kappa shape index (κ1) is 12.4. The fraction of sp³-hybridized carbons (Fsp3) is 0.750. The van der Waals surface area contributed by atoms with Gasteiger partial charge in [0.25, 0.3) is 0 Å². The number of allylic oxidation sites excluding steroid dienone is 1. The van der Waals surface area contributed by atoms with Gasteiger partial charge in [0.2, 0.25) is 0 Å². The maximum Gasteiger partial charge on any atom is 0.168 e. The second-order valence-corrected chi connectivity index (χ2v) is 5.93. The van der Waals surface area contributed by atoms with E-state index in [4.69, 9.17) is 15.2 Å². The van der Waals surface area contributed by atoms with E-state index in [1.807, 2.05) is 10.1 Å². The van der Waals surface area contributed by atoms with Crippen molar-refractivity contribution >= 4 is 22.0 Å². The number of hydrogen-bond acceptors (Lipinski definition) is 5. The van der Waals surface area contributed by atoms with Gasteiger partial charge in [-0.3, -0.25) is 0 Å². The Bertz CT molecular complexity index is 381. The van der Waals surface area contributed by atoms with E-state index in [9.17, 15) is 0 Å². The summed E-state index contributed by atoms with van der Waals surface area (Å²) in [5.41, 5.74) is 6.92. The Morgan fingerprint density at radius 1 is 1.33 bits per heavy atom. The number of ether oxygens (including phenoxy) is 2. The SMILES string of the molecule is NC1=NC=C(C2CCC3(CC2)OCCO3)N(Br)C1. The number of nitrogens with two attached hydrogens (primary N) is 1. The molecular weight excluding hydrogens is 298 g/mol. The summed E-state index contributed by atoms with van der Waals surface area (Å²) in [6, 6.07) is 0. The van der Waals surface area contributed by atoms with Crippen LogP contribution in [0.5, 0.6) is 0 Å². The highest BCUT2D eigenvalue weighted by Crippen LogP contribution is 2.42. The molecular formula is C12H18BrN3O2. The van der Waals surface area contributed by atoms with Gasteiger partial charge >= 0.3 is 0 Å². The molecule has 6 heteroatoms. The summed E-state index contributed by atoms with van der Waals surface area (Å²) in [4.78, 5) is 4.22. The lowest BCUT2D eigenvalue weighted by Crippen LogP contribution is -2.38. The van der Waals surface area contributed by atoms with E-state index in [0.29, 0.717) is 18.3 Å². The first-order valence-corrected chi connectivity index (χ1v) is 7.13. The molecule has 0 aromatic rings. The van der Waals surface area contributed by atoms with Crippen LogP contribution in [0.3, 0.4) is 0 Å². The number of hydrogen-bond donors (Lipinski definition) is 1. The van der Waals surface area contributed by atoms with Crippen LogP contribution in [0.25, 0.3) is 0 Å². The summed E-state index contributed by atoms with van der Waals surface area (Å²) in [6.45, 7) is 2.12. The van der Waals surface area contributed by atoms with Crippen molar-refractivity contribution in [2.75, 3.05) is 19.8 Å². The molecule has 0 bridgehead atoms. The molecule has 0 aromatic carbocycles. The quantitative estimate of drug-likeness (QED) is 0.749. The number of halogens is 1. The summed E-state index contributed by atoms with van der Waals surface area (Å²) in [5, 5.41) is 0. The van der Waals surface area contributed by atoms with Gasteiger partial charge < -0.3 is 19.1 Å². The van der Waals surface area contributed by atoms with Crippen LogP contribution in [-0.4, -0.2) is 35.3 Å². The Hall–Kier alpha value is -0.590. The zero-order chi connectivity index (χ0) is 12.6. The minimum Gasteiger partial charge on any atom is -0.386 e. The number of amidine groups is 1. The molecule has 3 rings (SSSR count). The van der Waals surface area contributed by atoms with Crippen molar-refractivity contribution in [1.82, 2.24) is 3.93 Å². The Morgan fingerprint density at radius 2 is 2.00 bits per heavy atom. The Balaban J connectivity index is 1.66. The topological polar surface area (TPSA) is 60.1 Å². The molecule has 1 aliphatic carbocycles. The van der Waals surface area contributed by atoms with Gasteiger partial charge in [0.05, 0.1) is 19.8 Å². The average molecular weight is 316 g/mol. The fourth-order valence-corrected chi connectivity index (χ4v) is 3.57. The van der Waals surface area contributed by atoms with Crippen molar-refractivity contribution < 1.29 is 9.47 Å². The van der Waals surface area contributed by atoms with Crippen LogP contribution in [0.4, 0.5) is 0 Å². The van der Waals surface area contributed by atoms with Crippen LogP contribution in [0.1, 0.15) is 25.7 Å². The number of rotatable bonds is 1. The summed E-state index contributed by atoms with van der Waals surface area (Å²) in [6.07, 6.45) is 5.96. The van der Waals surface area contributed by atoms with E-state index in [1.165, 1.54) is 5.70 Å². The van der Waals surface area contributed by atoms with E-state index in [0.717, 1.165) is 38.9 Å². The summed E-state index contributed by atoms with van der Waals surface area (Å²) in [7, 11) is 0. The molecule has 2 fully saturated rings. The molecule has 1 saturated heterocycles. The van der Waals surface area contributed by atoms with Crippen molar-refractivity contribution in [2.45, 2.75) is 31.5 Å². The van der Waals surface area contributed by atoms with Crippen molar-refractivity contribution in [1.29, 1.82) is 0 Å². The molecule has 100 valence electrons. The second kappa shape index (κ2) is 4.83. The largest absolute Gasteiger partial charge is 0.386 e. The van der Waals surface area contributed by atoms with Crippen LogP contribution in [0.15, 0.2) is 16.9 Å². The Kier molecular flexibility index (Phi) is 3.34. The molecule has 2 heterocycles. The molecule has 2 N–H and O–H groups in total. The molecule has 0 radical (unpaired) electrons. The second-order valence-electron chi connectivity index (χ2n) is 5.08. The van der Waals surface area contributed by atoms with Crippen molar-refractivity contribution in [2.24, 2.45) is 16.6 Å². The van der Waals surface area contributed by atoms with Crippen LogP contribution in [0, 0.1) is 5.92 Å². The zero-order valence-electron chi connectivity index (χ0n) is 10.3. The first-order chi connectivity index (χ1) is 8.69. The van der Waals surface area contributed by atoms with Crippen LogP contribution in [0.2, 0.25) is 0 Å². The summed E-state index contributed by atoms with van der Waals surface area (Å²) in [5.74, 6) is 0.871. The lowest BCUT2D eigenvalue weighted by Gasteiger charge is -2.38. The highest BCUT2D eigenvalue weighted by Gasteiger charge is 2.41. The molecule has 0 unspecified atom stereocenters. The molecule has 5 nitrogen and oxygen atoms in total. The predicted molar refractivity (Wildman–Crippen MR) is 71.9 cm³/mol. The lowest BCUT2D eigenvalue weighted by atomic mass is 9.83. The van der Waals surface area contributed by atoms with Gasteiger partial charge in [-0.15, -0.1) is 0 Å². The third kappa shape index (κ3) is 2.29. The monoisotopic (exact) mass is 315 g/mol. The van der Waals surface area contributed by atoms with Gasteiger partial charge in [-0.05, 0) is 12.8 Å². The van der Waals surface area contributed by atoms with Gasteiger partial charge in [-0.1, -0.05) is 0 Å². The zero-order valence-corrected chi connectivity index (χ0v) is 11.9. The third-order valence-corrected chi connectivity index (χ3v) is 4.58. The van der Waals surface area contributed by atoms with E-state index < -0.39 is 0 Å². The number of aliphatic imine (C=N–C) groups is 1. The van der Waals surface area contributed by atoms with E-state index in [-0.39, 0.29) is 5.79 Å². The molecule has 0 amide bonds. The maximum absolute atomic E-state index is 5.75. The molecule has 1 spiro atoms. The predicted octanol–water partition coefficient (Wildman–Crippen LogP) is 1.74. The van der Waals surface area contributed by atoms with Gasteiger partial charge in [-0.2, -0.15) is 0 Å². The van der Waals surface area contributed by atoms with E-state index in [1.54, 1.807) is 0 Å². The highest BCUT2D eigenvalue weighted by molar-refractivity contribution is 9.07. The molecule has 18 heavy (non-hydrogen) atoms. The fourth-order valence-electron chi connectivity index (χ4n) is 2.93. The lowest BCUT2D eigenvalue weighted by molar-refractivity contribution is -0.181. The van der Waals surface area contributed by atoms with E-state index in [2.05, 4.69) is 21.1 Å². The average Bonchev–Trinajstić information content (AvgIpc) is 2.80. The maximum atomic E-state index is 5.75. The molecule has 0 aromatic heterocycles. The van der Waals surface area contributed by atoms with Gasteiger partial charge in [0.15, 0.2) is 5.79 Å². The van der Waals surface area contributed by atoms with Crippen molar-refractivity contribution in [3.63, 3.8) is 0 Å². The standard InChI is InChI=1S/C12H18BrN3O2/c13-16-8-11(14)15-7-10(16)9-1-3-12(4-2-9)17-5-6-18-12/h7,9H,1-6,8H2,(H2,14,15). The Labute approximate surface area is 115 Å². The van der Waals surface area contributed by atoms with E-state index >= 15 is 0 Å². The minimum atomic E-state index is -0.287. The van der Waals surface area contributed by atoms with Crippen LogP contribution in [-0.2, 0) is 9.47 Å². The van der Waals surface area contributed by atoms with Crippen molar-refractivity contribution in [3.05, 3.63) is 11.9 Å². The summed E-state index contributed by atoms with van der Waals surface area (Å²) < 4.78 is 13.5. The molecule has 1 saturated carbocycles. The Morgan fingerprint density at radius 3 is 2.61 bits per heavy atom. The normalized spacial score (nSPS) is 28.4. The highest BCUT2D eigenvalue weighted by atomic mass is 79.9. The third-order valence-electron chi connectivity index (χ3n) is 3.92. The molecule has 2 aliphatic heterocycles. The van der Waals surface area contributed by atoms with Gasteiger partial charge in [0, 0.05) is 46.8 Å².